The van der Waals surface area contributed by atoms with Gasteiger partial charge in [-0.15, -0.1) is 0 Å². The molecule has 2 heterocycles. The molecular weight excluding hydrogens is 299 g/mol. The van der Waals surface area contributed by atoms with Crippen LogP contribution in [0.15, 0.2) is 40.8 Å². The smallest absolute Gasteiger partial charge is 0.239 e. The van der Waals surface area contributed by atoms with Crippen LogP contribution in [0.25, 0.3) is 0 Å². The second kappa shape index (κ2) is 6.24. The van der Waals surface area contributed by atoms with E-state index >= 15 is 0 Å². The van der Waals surface area contributed by atoms with Gasteiger partial charge in [-0.05, 0) is 49.7 Å². The van der Waals surface area contributed by atoms with Crippen molar-refractivity contribution in [1.29, 1.82) is 0 Å². The molecule has 5 nitrogen and oxygen atoms in total. The van der Waals surface area contributed by atoms with Crippen molar-refractivity contribution in [2.24, 2.45) is 5.92 Å². The molecule has 1 aliphatic rings. The highest BCUT2D eigenvalue weighted by atomic mass is 19.1. The molecule has 0 spiro atoms. The van der Waals surface area contributed by atoms with Gasteiger partial charge < -0.3 is 14.6 Å². The van der Waals surface area contributed by atoms with E-state index in [-0.39, 0.29) is 24.2 Å². The van der Waals surface area contributed by atoms with Crippen molar-refractivity contribution in [3.8, 4) is 0 Å². The van der Waals surface area contributed by atoms with E-state index in [4.69, 9.17) is 4.42 Å². The molecule has 1 saturated heterocycles. The monoisotopic (exact) mass is 316 g/mol. The molecular formula is C17H17FN2O3. The lowest BCUT2D eigenvalue weighted by atomic mass is 10.1. The summed E-state index contributed by atoms with van der Waals surface area (Å²) in [6.45, 7) is 2.53. The van der Waals surface area contributed by atoms with E-state index in [9.17, 15) is 14.0 Å². The van der Waals surface area contributed by atoms with Crippen molar-refractivity contribution in [2.45, 2.75) is 19.9 Å². The van der Waals surface area contributed by atoms with Crippen LogP contribution in [0.3, 0.4) is 0 Å². The molecule has 0 radical (unpaired) electrons. The molecule has 1 aromatic carbocycles. The van der Waals surface area contributed by atoms with E-state index in [1.54, 1.807) is 18.2 Å². The van der Waals surface area contributed by atoms with E-state index in [1.807, 2.05) is 13.0 Å². The number of rotatable bonds is 4. The number of halogens is 1. The van der Waals surface area contributed by atoms with Crippen molar-refractivity contribution in [3.05, 3.63) is 53.7 Å². The lowest BCUT2D eigenvalue weighted by Crippen LogP contribution is -2.36. The van der Waals surface area contributed by atoms with E-state index in [0.29, 0.717) is 24.4 Å². The van der Waals surface area contributed by atoms with Crippen LogP contribution in [-0.4, -0.2) is 18.4 Å². The molecule has 3 rings (SSSR count). The van der Waals surface area contributed by atoms with Crippen LogP contribution in [0.4, 0.5) is 10.1 Å². The summed E-state index contributed by atoms with van der Waals surface area (Å²) in [7, 11) is 0. The number of nitrogens with zero attached hydrogens (tertiary/aromatic N) is 1. The number of carbonyl (C=O) groups excluding carboxylic acids is 2. The minimum absolute atomic E-state index is 0.257. The minimum atomic E-state index is -0.712. The molecule has 120 valence electrons. The van der Waals surface area contributed by atoms with Crippen LogP contribution >= 0.6 is 0 Å². The number of amides is 2. The fraction of sp³-hybridized carbons (Fsp3) is 0.294. The average molecular weight is 316 g/mol. The zero-order chi connectivity index (χ0) is 16.4. The van der Waals surface area contributed by atoms with Gasteiger partial charge in [0.25, 0.3) is 0 Å². The lowest BCUT2D eigenvalue weighted by Gasteiger charge is -2.16. The van der Waals surface area contributed by atoms with Gasteiger partial charge in [-0.1, -0.05) is 0 Å². The summed E-state index contributed by atoms with van der Waals surface area (Å²) in [5, 5.41) is 2.73. The average Bonchev–Trinajstić information content (AvgIpc) is 3.12. The fourth-order valence-corrected chi connectivity index (χ4v) is 2.68. The Hall–Kier alpha value is -2.63. The Bertz CT molecular complexity index is 724. The van der Waals surface area contributed by atoms with Crippen LogP contribution in [-0.2, 0) is 16.1 Å². The number of furan rings is 1. The normalized spacial score (nSPS) is 17.6. The van der Waals surface area contributed by atoms with Gasteiger partial charge in [0, 0.05) is 12.2 Å². The molecule has 2 aromatic rings. The number of nitrogens with one attached hydrogen (secondary N) is 1. The zero-order valence-electron chi connectivity index (χ0n) is 12.7. The molecule has 6 heteroatoms. The summed E-state index contributed by atoms with van der Waals surface area (Å²) in [6.07, 6.45) is 0.444. The maximum atomic E-state index is 13.0. The van der Waals surface area contributed by atoms with Gasteiger partial charge in [0.1, 0.15) is 23.3 Å². The molecule has 1 N–H and O–H groups in total. The predicted octanol–water partition coefficient (Wildman–Crippen LogP) is 2.40. The van der Waals surface area contributed by atoms with Gasteiger partial charge in [0.2, 0.25) is 11.8 Å². The summed E-state index contributed by atoms with van der Waals surface area (Å²) in [5.41, 5.74) is 0.605. The number of hydrogen-bond acceptors (Lipinski definition) is 3. The van der Waals surface area contributed by atoms with Crippen molar-refractivity contribution < 1.29 is 18.4 Å². The summed E-state index contributed by atoms with van der Waals surface area (Å²) in [6, 6.07) is 9.29. The Morgan fingerprint density at radius 2 is 2.04 bits per heavy atom. The first-order valence-electron chi connectivity index (χ1n) is 7.44. The van der Waals surface area contributed by atoms with Crippen LogP contribution in [0.5, 0.6) is 0 Å². The minimum Gasteiger partial charge on any atom is -0.465 e. The molecule has 0 bridgehead atoms. The second-order valence-corrected chi connectivity index (χ2v) is 5.54. The Morgan fingerprint density at radius 1 is 1.30 bits per heavy atom. The van der Waals surface area contributed by atoms with Crippen molar-refractivity contribution >= 4 is 17.5 Å². The fourth-order valence-electron chi connectivity index (χ4n) is 2.68. The van der Waals surface area contributed by atoms with Crippen LogP contribution < -0.4 is 10.2 Å². The van der Waals surface area contributed by atoms with Gasteiger partial charge in [-0.3, -0.25) is 9.59 Å². The summed E-state index contributed by atoms with van der Waals surface area (Å²) < 4.78 is 18.3. The van der Waals surface area contributed by atoms with E-state index in [2.05, 4.69) is 5.32 Å². The Labute approximate surface area is 133 Å². The number of benzene rings is 1. The van der Waals surface area contributed by atoms with Crippen LogP contribution in [0.1, 0.15) is 17.9 Å². The number of carbonyl (C=O) groups is 2. The standard InChI is InChI=1S/C17H17FN2O3/c1-11-2-7-14(23-11)10-19-16(21)15-8-9-20(17(15)22)13-5-3-12(18)4-6-13/h2-7,15H,8-10H2,1H3,(H,19,21). The van der Waals surface area contributed by atoms with Crippen LogP contribution in [0.2, 0.25) is 0 Å². The molecule has 1 unspecified atom stereocenters. The maximum absolute atomic E-state index is 13.0. The van der Waals surface area contributed by atoms with Gasteiger partial charge in [0.05, 0.1) is 6.54 Å². The largest absolute Gasteiger partial charge is 0.465 e. The highest BCUT2D eigenvalue weighted by Crippen LogP contribution is 2.25. The quantitative estimate of drug-likeness (QED) is 0.881. The third kappa shape index (κ3) is 3.26. The highest BCUT2D eigenvalue weighted by Gasteiger charge is 2.37. The third-order valence-electron chi connectivity index (χ3n) is 3.89. The van der Waals surface area contributed by atoms with Crippen molar-refractivity contribution in [2.75, 3.05) is 11.4 Å². The number of aryl methyl sites for hydroxylation is 1. The molecule has 23 heavy (non-hydrogen) atoms. The lowest BCUT2D eigenvalue weighted by molar-refractivity contribution is -0.132. The zero-order valence-corrected chi connectivity index (χ0v) is 12.7. The van der Waals surface area contributed by atoms with Crippen molar-refractivity contribution in [3.63, 3.8) is 0 Å². The highest BCUT2D eigenvalue weighted by molar-refractivity contribution is 6.09. The summed E-state index contributed by atoms with van der Waals surface area (Å²) in [4.78, 5) is 26.1. The third-order valence-corrected chi connectivity index (χ3v) is 3.89. The first-order chi connectivity index (χ1) is 11.0. The topological polar surface area (TPSA) is 62.6 Å². The molecule has 0 saturated carbocycles. The van der Waals surface area contributed by atoms with E-state index in [0.717, 1.165) is 5.76 Å². The van der Waals surface area contributed by atoms with E-state index < -0.39 is 5.92 Å². The van der Waals surface area contributed by atoms with Gasteiger partial charge >= 0.3 is 0 Å². The SMILES string of the molecule is Cc1ccc(CNC(=O)C2CCN(c3ccc(F)cc3)C2=O)o1. The first-order valence-corrected chi connectivity index (χ1v) is 7.44. The van der Waals surface area contributed by atoms with Crippen LogP contribution in [0, 0.1) is 18.7 Å². The molecule has 1 aromatic heterocycles. The maximum Gasteiger partial charge on any atom is 0.239 e. The van der Waals surface area contributed by atoms with Gasteiger partial charge in [0.15, 0.2) is 0 Å². The van der Waals surface area contributed by atoms with Gasteiger partial charge in [-0.25, -0.2) is 4.39 Å². The summed E-state index contributed by atoms with van der Waals surface area (Å²) >= 11 is 0. The van der Waals surface area contributed by atoms with Crippen molar-refractivity contribution in [1.82, 2.24) is 5.32 Å². The summed E-state index contributed by atoms with van der Waals surface area (Å²) in [5.74, 6) is -0.219. The Kier molecular flexibility index (Phi) is 4.14. The Balaban J connectivity index is 1.61. The molecule has 1 fully saturated rings. The molecule has 1 atom stereocenters. The molecule has 2 amide bonds. The number of hydrogen-bond donors (Lipinski definition) is 1. The first kappa shape index (κ1) is 15.3. The van der Waals surface area contributed by atoms with E-state index in [1.165, 1.54) is 17.0 Å². The molecule has 1 aliphatic heterocycles. The molecule has 0 aliphatic carbocycles. The predicted molar refractivity (Wildman–Crippen MR) is 82.2 cm³/mol. The second-order valence-electron chi connectivity index (χ2n) is 5.54. The Morgan fingerprint density at radius 3 is 2.70 bits per heavy atom. The number of anilines is 1. The van der Waals surface area contributed by atoms with Gasteiger partial charge in [-0.2, -0.15) is 0 Å².